The van der Waals surface area contributed by atoms with Crippen LogP contribution in [-0.4, -0.2) is 79.3 Å². The third kappa shape index (κ3) is 2.86. The van der Waals surface area contributed by atoms with Crippen LogP contribution in [0, 0.1) is 0 Å². The van der Waals surface area contributed by atoms with Crippen molar-refractivity contribution >= 4 is 0 Å². The van der Waals surface area contributed by atoms with E-state index >= 15 is 0 Å². The minimum absolute atomic E-state index is 0.134. The Morgan fingerprint density at radius 1 is 1.10 bits per heavy atom. The fourth-order valence-electron chi connectivity index (χ4n) is 4.24. The van der Waals surface area contributed by atoms with Gasteiger partial charge in [0.1, 0.15) is 0 Å². The number of hydrogen-bond acceptors (Lipinski definition) is 5. The van der Waals surface area contributed by atoms with Crippen molar-refractivity contribution in [3.63, 3.8) is 0 Å². The highest BCUT2D eigenvalue weighted by Crippen LogP contribution is 2.40. The molecule has 1 saturated heterocycles. The van der Waals surface area contributed by atoms with E-state index in [-0.39, 0.29) is 17.7 Å². The summed E-state index contributed by atoms with van der Waals surface area (Å²) < 4.78 is 11.7. The van der Waals surface area contributed by atoms with E-state index in [1.807, 2.05) is 0 Å². The molecule has 3 rings (SSSR count). The first-order valence-corrected chi connectivity index (χ1v) is 8.30. The third-order valence-electron chi connectivity index (χ3n) is 5.94. The Kier molecular flexibility index (Phi) is 4.32. The normalized spacial score (nSPS) is 34.6. The van der Waals surface area contributed by atoms with Gasteiger partial charge in [-0.1, -0.05) is 0 Å². The van der Waals surface area contributed by atoms with Gasteiger partial charge in [-0.05, 0) is 46.8 Å². The molecule has 3 aliphatic rings. The van der Waals surface area contributed by atoms with E-state index in [1.165, 1.54) is 19.3 Å². The third-order valence-corrected chi connectivity index (χ3v) is 5.94. The van der Waals surface area contributed by atoms with Crippen molar-refractivity contribution in [3.8, 4) is 0 Å². The van der Waals surface area contributed by atoms with Gasteiger partial charge < -0.3 is 19.5 Å². The molecule has 5 heteroatoms. The topological polar surface area (TPSA) is 45.2 Å². The van der Waals surface area contributed by atoms with Crippen LogP contribution in [0.5, 0.6) is 0 Å². The zero-order valence-electron chi connectivity index (χ0n) is 13.7. The molecule has 2 unspecified atom stereocenters. The second-order valence-electron chi connectivity index (χ2n) is 7.37. The molecule has 0 radical (unpaired) electrons. The van der Waals surface area contributed by atoms with Gasteiger partial charge >= 0.3 is 0 Å². The molecule has 0 aromatic heterocycles. The summed E-state index contributed by atoms with van der Waals surface area (Å²) in [5.41, 5.74) is 0.288. The van der Waals surface area contributed by atoms with Crippen LogP contribution in [0.2, 0.25) is 0 Å². The van der Waals surface area contributed by atoms with E-state index in [2.05, 4.69) is 30.9 Å². The lowest BCUT2D eigenvalue weighted by Gasteiger charge is -2.52. The molecule has 1 spiro atoms. The van der Waals surface area contributed by atoms with Crippen molar-refractivity contribution in [2.75, 3.05) is 40.9 Å². The fourth-order valence-corrected chi connectivity index (χ4v) is 4.24. The summed E-state index contributed by atoms with van der Waals surface area (Å²) in [5.74, 6) is -0.428. The van der Waals surface area contributed by atoms with E-state index in [0.29, 0.717) is 13.2 Å². The molecule has 0 amide bonds. The van der Waals surface area contributed by atoms with Gasteiger partial charge in [-0.3, -0.25) is 4.90 Å². The van der Waals surface area contributed by atoms with Gasteiger partial charge in [0.25, 0.3) is 0 Å². The average Bonchev–Trinajstić information content (AvgIpc) is 2.85. The van der Waals surface area contributed by atoms with Gasteiger partial charge in [-0.15, -0.1) is 0 Å². The molecule has 5 nitrogen and oxygen atoms in total. The smallest absolute Gasteiger partial charge is 0.170 e. The molecule has 3 fully saturated rings. The second kappa shape index (κ2) is 5.78. The number of hydrogen-bond donors (Lipinski definition) is 1. The maximum Gasteiger partial charge on any atom is 0.170 e. The van der Waals surface area contributed by atoms with Crippen LogP contribution in [-0.2, 0) is 9.47 Å². The molecule has 2 saturated carbocycles. The monoisotopic (exact) mass is 298 g/mol. The molecule has 21 heavy (non-hydrogen) atoms. The molecule has 2 atom stereocenters. The molecule has 2 aliphatic carbocycles. The molecule has 0 aromatic carbocycles. The Balaban J connectivity index is 1.66. The van der Waals surface area contributed by atoms with Crippen molar-refractivity contribution in [2.24, 2.45) is 0 Å². The first kappa shape index (κ1) is 15.7. The van der Waals surface area contributed by atoms with E-state index in [4.69, 9.17) is 9.47 Å². The highest BCUT2D eigenvalue weighted by atomic mass is 16.7. The van der Waals surface area contributed by atoms with E-state index in [1.54, 1.807) is 0 Å². The Bertz CT molecular complexity index is 365. The molecular weight excluding hydrogens is 268 g/mol. The first-order chi connectivity index (χ1) is 9.96. The number of nitrogens with zero attached hydrogens (tertiary/aromatic N) is 2. The molecular formula is C16H30N2O3. The van der Waals surface area contributed by atoms with Gasteiger partial charge in [-0.2, -0.15) is 0 Å². The minimum Gasteiger partial charge on any atom is -0.391 e. The number of rotatable bonds is 4. The van der Waals surface area contributed by atoms with Crippen LogP contribution in [0.4, 0.5) is 0 Å². The summed E-state index contributed by atoms with van der Waals surface area (Å²) >= 11 is 0. The van der Waals surface area contributed by atoms with Gasteiger partial charge in [0.05, 0.1) is 19.3 Å². The summed E-state index contributed by atoms with van der Waals surface area (Å²) in [7, 11) is 6.50. The van der Waals surface area contributed by atoms with Gasteiger partial charge in [-0.25, -0.2) is 0 Å². The van der Waals surface area contributed by atoms with Crippen molar-refractivity contribution in [1.29, 1.82) is 0 Å². The van der Waals surface area contributed by atoms with Crippen LogP contribution >= 0.6 is 0 Å². The highest BCUT2D eigenvalue weighted by Gasteiger charge is 2.48. The maximum absolute atomic E-state index is 10.4. The lowest BCUT2D eigenvalue weighted by atomic mass is 9.74. The van der Waals surface area contributed by atoms with Crippen LogP contribution < -0.4 is 0 Å². The lowest BCUT2D eigenvalue weighted by Crippen LogP contribution is -2.61. The van der Waals surface area contributed by atoms with Crippen molar-refractivity contribution in [3.05, 3.63) is 0 Å². The summed E-state index contributed by atoms with van der Waals surface area (Å²) in [6.07, 6.45) is 5.93. The highest BCUT2D eigenvalue weighted by molar-refractivity contribution is 5.01. The Morgan fingerprint density at radius 3 is 2.29 bits per heavy atom. The lowest BCUT2D eigenvalue weighted by molar-refractivity contribution is -0.205. The van der Waals surface area contributed by atoms with Gasteiger partial charge in [0.2, 0.25) is 0 Å². The zero-order valence-corrected chi connectivity index (χ0v) is 13.7. The number of likely N-dealkylation sites (N-methyl/N-ethyl adjacent to an activating group) is 2. The summed E-state index contributed by atoms with van der Waals surface area (Å²) in [5, 5.41) is 10.4. The number of aliphatic hydroxyl groups is 1. The average molecular weight is 298 g/mol. The standard InChI is InChI=1S/C16H30N2O3/c1-17(2)15(6-4-7-15)12-18(3)13-11-16(8-5-14(13)19)20-9-10-21-16/h13-14,19H,4-12H2,1-3H3. The summed E-state index contributed by atoms with van der Waals surface area (Å²) in [6.45, 7) is 2.39. The molecule has 0 bridgehead atoms. The Labute approximate surface area is 128 Å². The summed E-state index contributed by atoms with van der Waals surface area (Å²) in [4.78, 5) is 4.70. The SMILES string of the molecule is CN(CC1(N(C)C)CCC1)C1CC2(CCC1O)OCCO2. The molecule has 0 aromatic rings. The predicted octanol–water partition coefficient (Wildman–Crippen LogP) is 1.06. The van der Waals surface area contributed by atoms with Crippen LogP contribution in [0.3, 0.4) is 0 Å². The first-order valence-electron chi connectivity index (χ1n) is 8.30. The second-order valence-corrected chi connectivity index (χ2v) is 7.37. The number of aliphatic hydroxyl groups excluding tert-OH is 1. The van der Waals surface area contributed by atoms with Gasteiger partial charge in [0, 0.05) is 31.0 Å². The Hall–Kier alpha value is -0.200. The van der Waals surface area contributed by atoms with E-state index in [9.17, 15) is 5.11 Å². The van der Waals surface area contributed by atoms with Crippen molar-refractivity contribution in [1.82, 2.24) is 9.80 Å². The molecule has 1 N–H and O–H groups in total. The predicted molar refractivity (Wildman–Crippen MR) is 81.2 cm³/mol. The Morgan fingerprint density at radius 2 is 1.76 bits per heavy atom. The van der Waals surface area contributed by atoms with E-state index < -0.39 is 5.79 Å². The van der Waals surface area contributed by atoms with Crippen LogP contribution in [0.1, 0.15) is 38.5 Å². The van der Waals surface area contributed by atoms with Gasteiger partial charge in [0.15, 0.2) is 5.79 Å². The minimum atomic E-state index is -0.428. The molecule has 1 aliphatic heterocycles. The zero-order chi connectivity index (χ0) is 15.1. The quantitative estimate of drug-likeness (QED) is 0.841. The maximum atomic E-state index is 10.4. The summed E-state index contributed by atoms with van der Waals surface area (Å²) in [6, 6.07) is 0.134. The van der Waals surface area contributed by atoms with Crippen LogP contribution in [0.15, 0.2) is 0 Å². The molecule has 1 heterocycles. The number of ether oxygens (including phenoxy) is 2. The largest absolute Gasteiger partial charge is 0.391 e. The van der Waals surface area contributed by atoms with E-state index in [0.717, 1.165) is 25.8 Å². The van der Waals surface area contributed by atoms with Crippen LogP contribution in [0.25, 0.3) is 0 Å². The fraction of sp³-hybridized carbons (Fsp3) is 1.00. The van der Waals surface area contributed by atoms with Crippen molar-refractivity contribution < 1.29 is 14.6 Å². The van der Waals surface area contributed by atoms with Crippen molar-refractivity contribution in [2.45, 2.75) is 62.0 Å². The molecule has 122 valence electrons.